The Balaban J connectivity index is 1.49. The van der Waals surface area contributed by atoms with Crippen LogP contribution in [0.4, 0.5) is 4.39 Å². The zero-order valence-corrected chi connectivity index (χ0v) is 17.3. The zero-order valence-electron chi connectivity index (χ0n) is 15.7. The van der Waals surface area contributed by atoms with Gasteiger partial charge in [0.05, 0.1) is 36.1 Å². The third-order valence-corrected chi connectivity index (χ3v) is 6.65. The van der Waals surface area contributed by atoms with E-state index in [1.165, 1.54) is 5.56 Å². The molecule has 2 heterocycles. The van der Waals surface area contributed by atoms with Crippen molar-refractivity contribution in [3.8, 4) is 0 Å². The Morgan fingerprint density at radius 2 is 2.11 bits per heavy atom. The predicted octanol–water partition coefficient (Wildman–Crippen LogP) is 4.74. The summed E-state index contributed by atoms with van der Waals surface area (Å²) in [7, 11) is 2.03. The van der Waals surface area contributed by atoms with Crippen molar-refractivity contribution >= 4 is 29.7 Å². The van der Waals surface area contributed by atoms with Crippen molar-refractivity contribution in [2.45, 2.75) is 22.2 Å². The van der Waals surface area contributed by atoms with Crippen LogP contribution in [0.5, 0.6) is 0 Å². The Hall–Kier alpha value is -1.63. The summed E-state index contributed by atoms with van der Waals surface area (Å²) in [5, 5.41) is 1.53. The maximum absolute atomic E-state index is 12.2. The van der Waals surface area contributed by atoms with Crippen LogP contribution < -0.4 is 0 Å². The number of pyridine rings is 1. The van der Waals surface area contributed by atoms with E-state index in [0.29, 0.717) is 23.5 Å². The zero-order chi connectivity index (χ0) is 19.6. The van der Waals surface area contributed by atoms with Gasteiger partial charge in [-0.1, -0.05) is 47.6 Å². The number of rotatable bonds is 8. The van der Waals surface area contributed by atoms with E-state index in [1.54, 1.807) is 18.0 Å². The lowest BCUT2D eigenvalue weighted by Crippen LogP contribution is -2.27. The summed E-state index contributed by atoms with van der Waals surface area (Å²) in [6.07, 6.45) is 4.67. The Kier molecular flexibility index (Phi) is 5.90. The molecular weight excluding hydrogens is 397 g/mol. The molecule has 0 radical (unpaired) electrons. The van der Waals surface area contributed by atoms with Crippen LogP contribution in [0, 0.1) is 5.92 Å². The topological polar surface area (TPSA) is 37.7 Å². The molecule has 0 spiro atoms. The van der Waals surface area contributed by atoms with Crippen LogP contribution in [0.15, 0.2) is 52.6 Å². The van der Waals surface area contributed by atoms with Gasteiger partial charge in [0.15, 0.2) is 4.87 Å². The summed E-state index contributed by atoms with van der Waals surface area (Å²) in [5.74, 6) is 1.03. The first-order valence-corrected chi connectivity index (χ1v) is 10.6. The normalized spacial score (nSPS) is 26.0. The van der Waals surface area contributed by atoms with E-state index in [0.717, 1.165) is 23.6 Å². The summed E-state index contributed by atoms with van der Waals surface area (Å²) in [5.41, 5.74) is 2.47. The second-order valence-corrected chi connectivity index (χ2v) is 9.08. The SMILES string of the molecule is CN1C=NC(Sc2ccc(Cl)cn2)(c2ccc([C@H]3C[C@@H]3COCCF)cc2)C1. The van der Waals surface area contributed by atoms with Gasteiger partial charge in [0.1, 0.15) is 6.67 Å². The van der Waals surface area contributed by atoms with Gasteiger partial charge < -0.3 is 9.64 Å². The molecule has 1 aromatic carbocycles. The molecule has 0 amide bonds. The number of halogens is 2. The smallest absolute Gasteiger partial charge is 0.156 e. The van der Waals surface area contributed by atoms with E-state index >= 15 is 0 Å². The van der Waals surface area contributed by atoms with Gasteiger partial charge in [0.25, 0.3) is 0 Å². The number of benzene rings is 1. The first-order chi connectivity index (χ1) is 13.6. The molecule has 1 aromatic heterocycles. The number of hydrogen-bond donors (Lipinski definition) is 0. The van der Waals surface area contributed by atoms with Gasteiger partial charge in [-0.3, -0.25) is 4.99 Å². The molecule has 1 saturated carbocycles. The van der Waals surface area contributed by atoms with Crippen LogP contribution in [0.3, 0.4) is 0 Å². The number of nitrogens with zero attached hydrogens (tertiary/aromatic N) is 3. The van der Waals surface area contributed by atoms with Gasteiger partial charge in [0.2, 0.25) is 0 Å². The Labute approximate surface area is 174 Å². The molecule has 1 aliphatic heterocycles. The van der Waals surface area contributed by atoms with E-state index in [1.807, 2.05) is 25.5 Å². The van der Waals surface area contributed by atoms with Crippen LogP contribution >= 0.6 is 23.4 Å². The number of likely N-dealkylation sites (N-methyl/N-ethyl adjacent to an activating group) is 1. The summed E-state index contributed by atoms with van der Waals surface area (Å²) < 4.78 is 17.5. The minimum atomic E-state index is -0.415. The van der Waals surface area contributed by atoms with E-state index in [-0.39, 0.29) is 6.61 Å². The molecule has 0 N–H and O–H groups in total. The van der Waals surface area contributed by atoms with Crippen LogP contribution in [-0.2, 0) is 9.61 Å². The van der Waals surface area contributed by atoms with Crippen LogP contribution in [0.2, 0.25) is 5.02 Å². The molecule has 2 aromatic rings. The van der Waals surface area contributed by atoms with Crippen molar-refractivity contribution in [2.75, 3.05) is 33.5 Å². The summed E-state index contributed by atoms with van der Waals surface area (Å²) in [6, 6.07) is 12.5. The predicted molar refractivity (Wildman–Crippen MR) is 112 cm³/mol. The van der Waals surface area contributed by atoms with E-state index in [9.17, 15) is 4.39 Å². The molecule has 0 bridgehead atoms. The van der Waals surface area contributed by atoms with Gasteiger partial charge in [-0.2, -0.15) is 0 Å². The number of alkyl halides is 1. The molecule has 148 valence electrons. The molecular formula is C21H23ClFN3OS. The van der Waals surface area contributed by atoms with Gasteiger partial charge >= 0.3 is 0 Å². The summed E-state index contributed by atoms with van der Waals surface area (Å²) in [4.78, 5) is 10.9. The first kappa shape index (κ1) is 19.7. The second-order valence-electron chi connectivity index (χ2n) is 7.35. The average molecular weight is 420 g/mol. The van der Waals surface area contributed by atoms with Crippen LogP contribution in [0.25, 0.3) is 0 Å². The molecule has 1 unspecified atom stereocenters. The minimum absolute atomic E-state index is 0.201. The Bertz CT molecular complexity index is 833. The van der Waals surface area contributed by atoms with Gasteiger partial charge in [-0.25, -0.2) is 9.37 Å². The molecule has 4 rings (SSSR count). The maximum Gasteiger partial charge on any atom is 0.156 e. The molecule has 7 heteroatoms. The first-order valence-electron chi connectivity index (χ1n) is 9.40. The van der Waals surface area contributed by atoms with Crippen molar-refractivity contribution in [3.05, 3.63) is 58.7 Å². The molecule has 28 heavy (non-hydrogen) atoms. The highest BCUT2D eigenvalue weighted by atomic mass is 35.5. The third-order valence-electron chi connectivity index (χ3n) is 5.17. The summed E-state index contributed by atoms with van der Waals surface area (Å²) >= 11 is 7.61. The highest BCUT2D eigenvalue weighted by Crippen LogP contribution is 2.49. The minimum Gasteiger partial charge on any atom is -0.378 e. The standard InChI is InChI=1S/C21H23ClFN3OS/c1-26-13-21(25-14-26,28-20-7-6-18(22)11-24-20)17-4-2-15(3-5-17)19-10-16(19)12-27-9-8-23/h2-7,11,14,16,19H,8-10,12-13H2,1H3/t16-,19-,21?/m1/s1. The fraction of sp³-hybridized carbons (Fsp3) is 0.429. The van der Waals surface area contributed by atoms with Crippen LogP contribution in [-0.4, -0.2) is 49.7 Å². The molecule has 4 nitrogen and oxygen atoms in total. The largest absolute Gasteiger partial charge is 0.378 e. The van der Waals surface area contributed by atoms with Gasteiger partial charge in [-0.15, -0.1) is 0 Å². The van der Waals surface area contributed by atoms with Crippen molar-refractivity contribution in [3.63, 3.8) is 0 Å². The fourth-order valence-electron chi connectivity index (χ4n) is 3.61. The van der Waals surface area contributed by atoms with Crippen molar-refractivity contribution in [1.29, 1.82) is 0 Å². The molecule has 2 aliphatic rings. The quantitative estimate of drug-likeness (QED) is 0.579. The lowest BCUT2D eigenvalue weighted by molar-refractivity contribution is 0.109. The lowest BCUT2D eigenvalue weighted by Gasteiger charge is -2.27. The third kappa shape index (κ3) is 4.34. The van der Waals surface area contributed by atoms with E-state index in [2.05, 4.69) is 34.1 Å². The van der Waals surface area contributed by atoms with Crippen molar-refractivity contribution < 1.29 is 9.13 Å². The van der Waals surface area contributed by atoms with E-state index < -0.39 is 11.5 Å². The highest BCUT2D eigenvalue weighted by Gasteiger charge is 2.40. The van der Waals surface area contributed by atoms with Gasteiger partial charge in [-0.05, 0) is 41.5 Å². The Morgan fingerprint density at radius 1 is 1.29 bits per heavy atom. The maximum atomic E-state index is 12.2. The number of ether oxygens (including phenoxy) is 1. The fourth-order valence-corrected chi connectivity index (χ4v) is 4.93. The number of aliphatic imine (C=N–C) groups is 1. The molecule has 1 fully saturated rings. The number of aromatic nitrogens is 1. The monoisotopic (exact) mass is 419 g/mol. The molecule has 3 atom stereocenters. The Morgan fingerprint density at radius 3 is 2.75 bits per heavy atom. The van der Waals surface area contributed by atoms with Gasteiger partial charge in [0, 0.05) is 13.2 Å². The van der Waals surface area contributed by atoms with Crippen LogP contribution in [0.1, 0.15) is 23.5 Å². The second kappa shape index (κ2) is 8.39. The van der Waals surface area contributed by atoms with Crippen molar-refractivity contribution in [2.24, 2.45) is 10.9 Å². The summed E-state index contributed by atoms with van der Waals surface area (Å²) in [6.45, 7) is 1.22. The lowest BCUT2D eigenvalue weighted by atomic mass is 10.0. The number of thioether (sulfide) groups is 1. The highest BCUT2D eigenvalue weighted by molar-refractivity contribution is 8.00. The molecule has 1 aliphatic carbocycles. The number of hydrogen-bond acceptors (Lipinski definition) is 5. The average Bonchev–Trinajstić information content (AvgIpc) is 3.38. The van der Waals surface area contributed by atoms with Crippen molar-refractivity contribution in [1.82, 2.24) is 9.88 Å². The molecule has 0 saturated heterocycles. The van der Waals surface area contributed by atoms with E-state index in [4.69, 9.17) is 21.3 Å².